The Labute approximate surface area is 105 Å². The van der Waals surface area contributed by atoms with Crippen molar-refractivity contribution >= 4 is 5.82 Å². The van der Waals surface area contributed by atoms with Gasteiger partial charge in [-0.3, -0.25) is 0 Å². The molecule has 3 nitrogen and oxygen atoms in total. The molecule has 0 aliphatic carbocycles. The molecule has 0 saturated heterocycles. The summed E-state index contributed by atoms with van der Waals surface area (Å²) in [4.78, 5) is 6.91. The van der Waals surface area contributed by atoms with Gasteiger partial charge in [-0.2, -0.15) is 0 Å². The molecule has 3 heteroatoms. The average Bonchev–Trinajstić information content (AvgIpc) is 2.35. The maximum Gasteiger partial charge on any atom is 0.128 e. The van der Waals surface area contributed by atoms with E-state index < -0.39 is 0 Å². The number of hydrogen-bond donors (Lipinski definition) is 1. The van der Waals surface area contributed by atoms with Gasteiger partial charge in [-0.05, 0) is 45.9 Å². The van der Waals surface area contributed by atoms with Crippen LogP contribution in [0.2, 0.25) is 0 Å². The molecular weight excluding hydrogens is 210 g/mol. The van der Waals surface area contributed by atoms with Gasteiger partial charge in [0.05, 0.1) is 0 Å². The standard InChI is InChI=1S/C14H25N3/c1-6-9-17(11(2)3)14-8-7-13(10-16-14)12(4)15-5/h7-8,10-12,15H,6,9H2,1-5H3. The molecule has 1 rings (SSSR count). The number of anilines is 1. The number of nitrogens with one attached hydrogen (secondary N) is 1. The second-order valence-corrected chi connectivity index (χ2v) is 4.75. The Morgan fingerprint density at radius 3 is 2.41 bits per heavy atom. The lowest BCUT2D eigenvalue weighted by atomic mass is 10.1. The van der Waals surface area contributed by atoms with Crippen molar-refractivity contribution in [1.82, 2.24) is 10.3 Å². The molecule has 0 aromatic carbocycles. The van der Waals surface area contributed by atoms with Crippen molar-refractivity contribution in [2.45, 2.75) is 46.2 Å². The van der Waals surface area contributed by atoms with Crippen LogP contribution in [-0.2, 0) is 0 Å². The normalized spacial score (nSPS) is 12.8. The summed E-state index contributed by atoms with van der Waals surface area (Å²) in [6.45, 7) is 9.82. The molecule has 0 aliphatic heterocycles. The Morgan fingerprint density at radius 1 is 1.29 bits per heavy atom. The minimum Gasteiger partial charge on any atom is -0.354 e. The molecule has 0 radical (unpaired) electrons. The first-order valence-corrected chi connectivity index (χ1v) is 6.50. The van der Waals surface area contributed by atoms with Crippen LogP contribution in [0.5, 0.6) is 0 Å². The van der Waals surface area contributed by atoms with Gasteiger partial charge in [-0.25, -0.2) is 4.98 Å². The van der Waals surface area contributed by atoms with Crippen LogP contribution in [0.3, 0.4) is 0 Å². The molecule has 0 aliphatic rings. The van der Waals surface area contributed by atoms with Crippen molar-refractivity contribution in [2.24, 2.45) is 0 Å². The summed E-state index contributed by atoms with van der Waals surface area (Å²) in [5.74, 6) is 1.08. The van der Waals surface area contributed by atoms with Crippen LogP contribution in [0, 0.1) is 0 Å². The van der Waals surface area contributed by atoms with Crippen molar-refractivity contribution in [3.63, 3.8) is 0 Å². The lowest BCUT2D eigenvalue weighted by Gasteiger charge is -2.27. The summed E-state index contributed by atoms with van der Waals surface area (Å²) in [5.41, 5.74) is 1.23. The second-order valence-electron chi connectivity index (χ2n) is 4.75. The molecule has 0 saturated carbocycles. The first kappa shape index (κ1) is 14.0. The predicted molar refractivity (Wildman–Crippen MR) is 74.5 cm³/mol. The number of hydrogen-bond acceptors (Lipinski definition) is 3. The zero-order valence-corrected chi connectivity index (χ0v) is 11.7. The van der Waals surface area contributed by atoms with E-state index in [-0.39, 0.29) is 0 Å². The van der Waals surface area contributed by atoms with Crippen molar-refractivity contribution in [3.8, 4) is 0 Å². The number of nitrogens with zero attached hydrogens (tertiary/aromatic N) is 2. The number of aromatic nitrogens is 1. The SMILES string of the molecule is CCCN(c1ccc(C(C)NC)cn1)C(C)C. The maximum atomic E-state index is 4.57. The highest BCUT2D eigenvalue weighted by atomic mass is 15.2. The van der Waals surface area contributed by atoms with Gasteiger partial charge >= 0.3 is 0 Å². The van der Waals surface area contributed by atoms with Crippen LogP contribution in [-0.4, -0.2) is 24.6 Å². The summed E-state index contributed by atoms with van der Waals surface area (Å²) in [6, 6.07) is 5.14. The molecule has 96 valence electrons. The molecular formula is C14H25N3. The van der Waals surface area contributed by atoms with Crippen molar-refractivity contribution < 1.29 is 0 Å². The summed E-state index contributed by atoms with van der Waals surface area (Å²) >= 11 is 0. The van der Waals surface area contributed by atoms with E-state index in [0.717, 1.165) is 18.8 Å². The summed E-state index contributed by atoms with van der Waals surface area (Å²) in [7, 11) is 1.97. The van der Waals surface area contributed by atoms with Crippen LogP contribution < -0.4 is 10.2 Å². The highest BCUT2D eigenvalue weighted by molar-refractivity contribution is 5.40. The van der Waals surface area contributed by atoms with Crippen molar-refractivity contribution in [2.75, 3.05) is 18.5 Å². The molecule has 1 N–H and O–H groups in total. The maximum absolute atomic E-state index is 4.57. The fourth-order valence-electron chi connectivity index (χ4n) is 1.87. The van der Waals surface area contributed by atoms with E-state index in [0.29, 0.717) is 12.1 Å². The Balaban J connectivity index is 2.84. The molecule has 0 amide bonds. The molecule has 17 heavy (non-hydrogen) atoms. The second kappa shape index (κ2) is 6.60. The van der Waals surface area contributed by atoms with Gasteiger partial charge in [0.25, 0.3) is 0 Å². The highest BCUT2D eigenvalue weighted by Gasteiger charge is 2.11. The molecule has 1 unspecified atom stereocenters. The Hall–Kier alpha value is -1.09. The molecule has 1 atom stereocenters. The molecule has 0 fully saturated rings. The van der Waals surface area contributed by atoms with Crippen LogP contribution >= 0.6 is 0 Å². The van der Waals surface area contributed by atoms with Gasteiger partial charge < -0.3 is 10.2 Å². The van der Waals surface area contributed by atoms with Gasteiger partial charge in [-0.15, -0.1) is 0 Å². The Kier molecular flexibility index (Phi) is 5.42. The molecule has 1 aromatic heterocycles. The molecule has 0 bridgehead atoms. The fraction of sp³-hybridized carbons (Fsp3) is 0.643. The van der Waals surface area contributed by atoms with E-state index in [1.165, 1.54) is 5.56 Å². The first-order valence-electron chi connectivity index (χ1n) is 6.50. The number of pyridine rings is 1. The zero-order valence-electron chi connectivity index (χ0n) is 11.7. The first-order chi connectivity index (χ1) is 8.10. The van der Waals surface area contributed by atoms with E-state index >= 15 is 0 Å². The van der Waals surface area contributed by atoms with Crippen LogP contribution in [0.25, 0.3) is 0 Å². The van der Waals surface area contributed by atoms with Crippen LogP contribution in [0.4, 0.5) is 5.82 Å². The van der Waals surface area contributed by atoms with E-state index in [2.05, 4.69) is 55.0 Å². The van der Waals surface area contributed by atoms with Gasteiger partial charge in [0, 0.05) is 24.8 Å². The summed E-state index contributed by atoms with van der Waals surface area (Å²) < 4.78 is 0. The van der Waals surface area contributed by atoms with Crippen LogP contribution in [0.1, 0.15) is 45.7 Å². The van der Waals surface area contributed by atoms with E-state index in [1.54, 1.807) is 0 Å². The van der Waals surface area contributed by atoms with Gasteiger partial charge in [0.2, 0.25) is 0 Å². The fourth-order valence-corrected chi connectivity index (χ4v) is 1.87. The van der Waals surface area contributed by atoms with E-state index in [4.69, 9.17) is 0 Å². The number of rotatable bonds is 6. The smallest absolute Gasteiger partial charge is 0.128 e. The summed E-state index contributed by atoms with van der Waals surface area (Å²) in [5, 5.41) is 3.22. The molecule has 0 spiro atoms. The van der Waals surface area contributed by atoms with Gasteiger partial charge in [0.15, 0.2) is 0 Å². The van der Waals surface area contributed by atoms with Gasteiger partial charge in [0.1, 0.15) is 5.82 Å². The lowest BCUT2D eigenvalue weighted by molar-refractivity contribution is 0.643. The molecule has 1 heterocycles. The van der Waals surface area contributed by atoms with Crippen LogP contribution in [0.15, 0.2) is 18.3 Å². The van der Waals surface area contributed by atoms with Crippen molar-refractivity contribution in [3.05, 3.63) is 23.9 Å². The summed E-state index contributed by atoms with van der Waals surface area (Å²) in [6.07, 6.45) is 3.12. The van der Waals surface area contributed by atoms with Gasteiger partial charge in [-0.1, -0.05) is 13.0 Å². The minimum atomic E-state index is 0.357. The Morgan fingerprint density at radius 2 is 2.00 bits per heavy atom. The van der Waals surface area contributed by atoms with E-state index in [1.807, 2.05) is 13.2 Å². The zero-order chi connectivity index (χ0) is 12.8. The third kappa shape index (κ3) is 3.70. The topological polar surface area (TPSA) is 28.2 Å². The monoisotopic (exact) mass is 235 g/mol. The third-order valence-electron chi connectivity index (χ3n) is 3.09. The quantitative estimate of drug-likeness (QED) is 0.821. The average molecular weight is 235 g/mol. The lowest BCUT2D eigenvalue weighted by Crippen LogP contribution is -2.32. The Bertz CT molecular complexity index is 319. The van der Waals surface area contributed by atoms with E-state index in [9.17, 15) is 0 Å². The third-order valence-corrected chi connectivity index (χ3v) is 3.09. The van der Waals surface area contributed by atoms with Crippen molar-refractivity contribution in [1.29, 1.82) is 0 Å². The largest absolute Gasteiger partial charge is 0.354 e. The predicted octanol–water partition coefficient (Wildman–Crippen LogP) is 2.99. The minimum absolute atomic E-state index is 0.357. The highest BCUT2D eigenvalue weighted by Crippen LogP contribution is 2.17. The molecule has 1 aromatic rings.